The molecule has 1 saturated heterocycles. The highest BCUT2D eigenvalue weighted by atomic mass is 35.5. The van der Waals surface area contributed by atoms with E-state index in [1.54, 1.807) is 0 Å². The predicted molar refractivity (Wildman–Crippen MR) is 67.9 cm³/mol. The lowest BCUT2D eigenvalue weighted by Crippen LogP contribution is -2.26. The summed E-state index contributed by atoms with van der Waals surface area (Å²) < 4.78 is 5.37. The van der Waals surface area contributed by atoms with Crippen LogP contribution >= 0.6 is 11.6 Å². The molecular formula is C12H17ClN2O. The van der Waals surface area contributed by atoms with Crippen LogP contribution in [-0.2, 0) is 4.74 Å². The summed E-state index contributed by atoms with van der Waals surface area (Å²) >= 11 is 6.11. The summed E-state index contributed by atoms with van der Waals surface area (Å²) in [6, 6.07) is 5.88. The van der Waals surface area contributed by atoms with Crippen LogP contribution in [0.2, 0.25) is 5.02 Å². The van der Waals surface area contributed by atoms with E-state index in [9.17, 15) is 0 Å². The maximum atomic E-state index is 6.11. The number of ether oxygens (including phenoxy) is 1. The molecule has 2 atom stereocenters. The Morgan fingerprint density at radius 3 is 3.00 bits per heavy atom. The van der Waals surface area contributed by atoms with E-state index < -0.39 is 0 Å². The van der Waals surface area contributed by atoms with E-state index in [-0.39, 0.29) is 0 Å². The first-order chi connectivity index (χ1) is 7.68. The van der Waals surface area contributed by atoms with Gasteiger partial charge in [0.15, 0.2) is 0 Å². The van der Waals surface area contributed by atoms with Gasteiger partial charge in [0, 0.05) is 18.6 Å². The van der Waals surface area contributed by atoms with Gasteiger partial charge in [-0.1, -0.05) is 17.7 Å². The fourth-order valence-corrected chi connectivity index (χ4v) is 2.22. The molecule has 0 aromatic heterocycles. The Morgan fingerprint density at radius 1 is 1.56 bits per heavy atom. The highest BCUT2D eigenvalue weighted by Gasteiger charge is 2.23. The van der Waals surface area contributed by atoms with Gasteiger partial charge in [0.2, 0.25) is 0 Å². The number of anilines is 2. The predicted octanol–water partition coefficient (Wildman–Crippen LogP) is 2.76. The van der Waals surface area contributed by atoms with Gasteiger partial charge in [-0.15, -0.1) is 0 Å². The molecule has 88 valence electrons. The normalized spacial score (nSPS) is 22.0. The third kappa shape index (κ3) is 2.42. The molecule has 2 unspecified atom stereocenters. The smallest absolute Gasteiger partial charge is 0.0765 e. The van der Waals surface area contributed by atoms with Crippen molar-refractivity contribution in [3.63, 3.8) is 0 Å². The minimum Gasteiger partial charge on any atom is -0.397 e. The van der Waals surface area contributed by atoms with E-state index in [0.29, 0.717) is 22.7 Å². The molecule has 1 aliphatic rings. The minimum atomic E-state index is 0.324. The highest BCUT2D eigenvalue weighted by molar-refractivity contribution is 6.33. The van der Waals surface area contributed by atoms with Gasteiger partial charge in [-0.25, -0.2) is 0 Å². The Morgan fingerprint density at radius 2 is 2.38 bits per heavy atom. The maximum Gasteiger partial charge on any atom is 0.0765 e. The molecule has 1 aromatic rings. The van der Waals surface area contributed by atoms with E-state index in [1.807, 2.05) is 18.2 Å². The summed E-state index contributed by atoms with van der Waals surface area (Å²) in [7, 11) is 0. The molecule has 0 radical (unpaired) electrons. The van der Waals surface area contributed by atoms with Crippen molar-refractivity contribution in [2.24, 2.45) is 5.92 Å². The molecule has 1 fully saturated rings. The van der Waals surface area contributed by atoms with E-state index in [0.717, 1.165) is 25.3 Å². The fraction of sp³-hybridized carbons (Fsp3) is 0.500. The molecule has 0 aliphatic carbocycles. The molecule has 1 aromatic carbocycles. The lowest BCUT2D eigenvalue weighted by Gasteiger charge is -2.22. The number of halogens is 1. The SMILES string of the molecule is CC(Nc1c(N)cccc1Cl)C1CCOC1. The van der Waals surface area contributed by atoms with Crippen LogP contribution in [0.4, 0.5) is 11.4 Å². The Kier molecular flexibility index (Phi) is 3.56. The zero-order valence-corrected chi connectivity index (χ0v) is 10.1. The van der Waals surface area contributed by atoms with Crippen LogP contribution in [0.3, 0.4) is 0 Å². The lowest BCUT2D eigenvalue weighted by atomic mass is 10.0. The summed E-state index contributed by atoms with van der Waals surface area (Å²) in [6.07, 6.45) is 1.10. The standard InChI is InChI=1S/C12H17ClN2O/c1-8(9-5-6-16-7-9)15-12-10(13)3-2-4-11(12)14/h2-4,8-9,15H,5-7,14H2,1H3. The monoisotopic (exact) mass is 240 g/mol. The molecule has 4 heteroatoms. The third-order valence-corrected chi connectivity index (χ3v) is 3.40. The van der Waals surface area contributed by atoms with Crippen molar-refractivity contribution in [3.05, 3.63) is 23.2 Å². The summed E-state index contributed by atoms with van der Waals surface area (Å²) in [6.45, 7) is 3.81. The number of nitrogen functional groups attached to an aromatic ring is 1. The van der Waals surface area contributed by atoms with Crippen LogP contribution in [0, 0.1) is 5.92 Å². The van der Waals surface area contributed by atoms with Crippen molar-refractivity contribution in [1.29, 1.82) is 0 Å². The van der Waals surface area contributed by atoms with Crippen LogP contribution in [-0.4, -0.2) is 19.3 Å². The van der Waals surface area contributed by atoms with Crippen LogP contribution in [0.5, 0.6) is 0 Å². The Hall–Kier alpha value is -0.930. The molecule has 0 spiro atoms. The average Bonchev–Trinajstić information content (AvgIpc) is 2.76. The fourth-order valence-electron chi connectivity index (χ4n) is 1.99. The van der Waals surface area contributed by atoms with Crippen LogP contribution < -0.4 is 11.1 Å². The second-order valence-corrected chi connectivity index (χ2v) is 4.67. The average molecular weight is 241 g/mol. The molecule has 1 heterocycles. The topological polar surface area (TPSA) is 47.3 Å². The zero-order valence-electron chi connectivity index (χ0n) is 9.37. The van der Waals surface area contributed by atoms with E-state index in [2.05, 4.69) is 12.2 Å². The van der Waals surface area contributed by atoms with Gasteiger partial charge in [0.1, 0.15) is 0 Å². The summed E-state index contributed by atoms with van der Waals surface area (Å²) in [5, 5.41) is 4.06. The summed E-state index contributed by atoms with van der Waals surface area (Å²) in [5.74, 6) is 0.538. The van der Waals surface area contributed by atoms with Crippen molar-refractivity contribution in [2.45, 2.75) is 19.4 Å². The van der Waals surface area contributed by atoms with Gasteiger partial charge in [-0.2, -0.15) is 0 Å². The Balaban J connectivity index is 2.07. The summed E-state index contributed by atoms with van der Waals surface area (Å²) in [5.41, 5.74) is 7.42. The molecule has 0 saturated carbocycles. The van der Waals surface area contributed by atoms with Crippen molar-refractivity contribution in [2.75, 3.05) is 24.3 Å². The minimum absolute atomic E-state index is 0.324. The molecule has 0 amide bonds. The van der Waals surface area contributed by atoms with E-state index >= 15 is 0 Å². The third-order valence-electron chi connectivity index (χ3n) is 3.09. The quantitative estimate of drug-likeness (QED) is 0.799. The number of para-hydroxylation sites is 1. The second kappa shape index (κ2) is 4.93. The molecule has 3 nitrogen and oxygen atoms in total. The molecule has 2 rings (SSSR count). The van der Waals surface area contributed by atoms with Gasteiger partial charge in [-0.3, -0.25) is 0 Å². The van der Waals surface area contributed by atoms with Crippen LogP contribution in [0.1, 0.15) is 13.3 Å². The second-order valence-electron chi connectivity index (χ2n) is 4.26. The number of nitrogens with two attached hydrogens (primary N) is 1. The van der Waals surface area contributed by atoms with Crippen LogP contribution in [0.25, 0.3) is 0 Å². The highest BCUT2D eigenvalue weighted by Crippen LogP contribution is 2.30. The van der Waals surface area contributed by atoms with Crippen molar-refractivity contribution >= 4 is 23.0 Å². The molecule has 0 bridgehead atoms. The first-order valence-electron chi connectivity index (χ1n) is 5.56. The van der Waals surface area contributed by atoms with Crippen LogP contribution in [0.15, 0.2) is 18.2 Å². The van der Waals surface area contributed by atoms with Gasteiger partial charge in [-0.05, 0) is 25.5 Å². The van der Waals surface area contributed by atoms with Gasteiger partial charge >= 0.3 is 0 Å². The summed E-state index contributed by atoms with van der Waals surface area (Å²) in [4.78, 5) is 0. The molecule has 1 aliphatic heterocycles. The van der Waals surface area contributed by atoms with Gasteiger partial charge in [0.05, 0.1) is 23.0 Å². The number of nitrogens with one attached hydrogen (secondary N) is 1. The number of rotatable bonds is 3. The number of hydrogen-bond acceptors (Lipinski definition) is 3. The van der Waals surface area contributed by atoms with Gasteiger partial charge < -0.3 is 15.8 Å². The number of hydrogen-bond donors (Lipinski definition) is 2. The van der Waals surface area contributed by atoms with Gasteiger partial charge in [0.25, 0.3) is 0 Å². The Bertz CT molecular complexity index is 344. The first-order valence-corrected chi connectivity index (χ1v) is 5.94. The van der Waals surface area contributed by atoms with Crippen molar-refractivity contribution in [1.82, 2.24) is 0 Å². The van der Waals surface area contributed by atoms with E-state index in [1.165, 1.54) is 0 Å². The molecule has 16 heavy (non-hydrogen) atoms. The van der Waals surface area contributed by atoms with Crippen molar-refractivity contribution < 1.29 is 4.74 Å². The Labute approximate surface area is 101 Å². The molecule has 3 N–H and O–H groups in total. The zero-order chi connectivity index (χ0) is 11.5. The molecular weight excluding hydrogens is 224 g/mol. The lowest BCUT2D eigenvalue weighted by molar-refractivity contribution is 0.183. The maximum absolute atomic E-state index is 6.11. The first kappa shape index (κ1) is 11.6. The largest absolute Gasteiger partial charge is 0.397 e. The van der Waals surface area contributed by atoms with E-state index in [4.69, 9.17) is 22.1 Å². The number of benzene rings is 1. The van der Waals surface area contributed by atoms with Crippen molar-refractivity contribution in [3.8, 4) is 0 Å².